The normalized spacial score (nSPS) is 9.90. The van der Waals surface area contributed by atoms with Crippen LogP contribution in [0.5, 0.6) is 0 Å². The number of nitrogens with two attached hydrogens (primary N) is 1. The summed E-state index contributed by atoms with van der Waals surface area (Å²) in [5, 5.41) is 5.23. The quantitative estimate of drug-likeness (QED) is 0.832. The van der Waals surface area contributed by atoms with Gasteiger partial charge in [0.1, 0.15) is 4.88 Å². The maximum absolute atomic E-state index is 12.2. The third-order valence-electron chi connectivity index (χ3n) is 2.78. The summed E-state index contributed by atoms with van der Waals surface area (Å²) < 4.78 is 0. The van der Waals surface area contributed by atoms with E-state index in [9.17, 15) is 4.79 Å². The number of carbonyl (C=O) groups excluding carboxylic acids is 1. The predicted molar refractivity (Wildman–Crippen MR) is 89.1 cm³/mol. The molecule has 108 valence electrons. The van der Waals surface area contributed by atoms with Crippen molar-refractivity contribution in [3.8, 4) is 11.8 Å². The number of hydrogen-bond acceptors (Lipinski definition) is 3. The highest BCUT2D eigenvalue weighted by molar-refractivity contribution is 7.13. The van der Waals surface area contributed by atoms with Gasteiger partial charge in [-0.25, -0.2) is 0 Å². The highest BCUT2D eigenvalue weighted by atomic mass is 35.5. The Morgan fingerprint density at radius 1 is 1.38 bits per heavy atom. The molecule has 1 amide bonds. The molecule has 2 rings (SSSR count). The van der Waals surface area contributed by atoms with Crippen LogP contribution in [0.3, 0.4) is 0 Å². The van der Waals surface area contributed by atoms with Crippen LogP contribution in [-0.4, -0.2) is 12.5 Å². The molecule has 1 aromatic carbocycles. The molecule has 1 heterocycles. The lowest BCUT2D eigenvalue weighted by molar-refractivity contribution is 0.103. The number of thiophene rings is 1. The van der Waals surface area contributed by atoms with Crippen molar-refractivity contribution in [2.75, 3.05) is 11.9 Å². The van der Waals surface area contributed by atoms with Crippen LogP contribution in [0, 0.1) is 25.7 Å². The van der Waals surface area contributed by atoms with Gasteiger partial charge in [0.25, 0.3) is 5.91 Å². The highest BCUT2D eigenvalue weighted by Crippen LogP contribution is 2.28. The number of rotatable bonds is 2. The van der Waals surface area contributed by atoms with E-state index in [4.69, 9.17) is 17.3 Å². The predicted octanol–water partition coefficient (Wildman–Crippen LogP) is 3.58. The topological polar surface area (TPSA) is 55.1 Å². The maximum Gasteiger partial charge on any atom is 0.267 e. The lowest BCUT2D eigenvalue weighted by atomic mass is 10.1. The van der Waals surface area contributed by atoms with Crippen LogP contribution in [0.1, 0.15) is 26.4 Å². The van der Waals surface area contributed by atoms with Crippen LogP contribution in [0.25, 0.3) is 0 Å². The Hall–Kier alpha value is -1.80. The Bertz CT molecular complexity index is 740. The van der Waals surface area contributed by atoms with E-state index in [-0.39, 0.29) is 5.91 Å². The minimum absolute atomic E-state index is 0.207. The molecule has 21 heavy (non-hydrogen) atoms. The molecular weight excluding hydrogens is 304 g/mol. The summed E-state index contributed by atoms with van der Waals surface area (Å²) in [6.07, 6.45) is 0. The van der Waals surface area contributed by atoms with Crippen molar-refractivity contribution >= 4 is 34.5 Å². The number of aryl methyl sites for hydroxylation is 2. The number of nitrogens with one attached hydrogen (secondary N) is 1. The Morgan fingerprint density at radius 2 is 2.14 bits per heavy atom. The van der Waals surface area contributed by atoms with Gasteiger partial charge in [-0.15, -0.1) is 11.3 Å². The molecule has 0 atom stereocenters. The first-order valence-corrected chi connectivity index (χ1v) is 7.62. The minimum Gasteiger partial charge on any atom is -0.321 e. The first-order chi connectivity index (χ1) is 10.0. The van der Waals surface area contributed by atoms with Gasteiger partial charge in [-0.2, -0.15) is 0 Å². The number of hydrogen-bond donors (Lipinski definition) is 2. The van der Waals surface area contributed by atoms with Gasteiger partial charge in [-0.3, -0.25) is 4.79 Å². The highest BCUT2D eigenvalue weighted by Gasteiger charge is 2.14. The molecule has 0 radical (unpaired) electrons. The van der Waals surface area contributed by atoms with E-state index >= 15 is 0 Å². The molecule has 0 saturated heterocycles. The molecule has 5 heteroatoms. The molecule has 0 aliphatic heterocycles. The first kappa shape index (κ1) is 15.6. The molecule has 0 saturated carbocycles. The van der Waals surface area contributed by atoms with E-state index in [1.807, 2.05) is 37.4 Å². The van der Waals surface area contributed by atoms with Crippen LogP contribution in [-0.2, 0) is 0 Å². The number of anilines is 1. The number of halogens is 1. The molecule has 0 aliphatic carbocycles. The van der Waals surface area contributed by atoms with Crippen molar-refractivity contribution in [1.29, 1.82) is 0 Å². The molecular formula is C16H15ClN2OS. The van der Waals surface area contributed by atoms with Crippen molar-refractivity contribution in [1.82, 2.24) is 0 Å². The smallest absolute Gasteiger partial charge is 0.267 e. The molecule has 0 spiro atoms. The van der Waals surface area contributed by atoms with Crippen molar-refractivity contribution in [3.63, 3.8) is 0 Å². The standard InChI is InChI=1S/C16H15ClN2OS/c1-10-6-12(4-3-5-18)8-13(7-10)19-16(20)15-14(17)11(2)9-21-15/h6-9H,5,18H2,1-2H3,(H,19,20). The zero-order valence-electron chi connectivity index (χ0n) is 11.8. The molecule has 0 unspecified atom stereocenters. The molecule has 0 fully saturated rings. The van der Waals surface area contributed by atoms with Crippen molar-refractivity contribution in [2.45, 2.75) is 13.8 Å². The lowest BCUT2D eigenvalue weighted by Crippen LogP contribution is -2.11. The fourth-order valence-corrected chi connectivity index (χ4v) is 3.03. The zero-order valence-corrected chi connectivity index (χ0v) is 13.4. The summed E-state index contributed by atoms with van der Waals surface area (Å²) in [6.45, 7) is 4.13. The maximum atomic E-state index is 12.2. The van der Waals surface area contributed by atoms with Gasteiger partial charge in [0.2, 0.25) is 0 Å². The van der Waals surface area contributed by atoms with Gasteiger partial charge < -0.3 is 11.1 Å². The SMILES string of the molecule is Cc1cc(C#CCN)cc(NC(=O)c2scc(C)c2Cl)c1. The summed E-state index contributed by atoms with van der Waals surface area (Å²) in [6, 6.07) is 5.66. The molecule has 2 aromatic rings. The largest absolute Gasteiger partial charge is 0.321 e. The molecule has 1 aromatic heterocycles. The zero-order chi connectivity index (χ0) is 15.4. The van der Waals surface area contributed by atoms with Gasteiger partial charge in [-0.05, 0) is 48.6 Å². The molecule has 3 N–H and O–H groups in total. The summed E-state index contributed by atoms with van der Waals surface area (Å²) in [5.41, 5.74) is 8.82. The van der Waals surface area contributed by atoms with Crippen molar-refractivity contribution in [2.24, 2.45) is 5.73 Å². The second-order valence-corrected chi connectivity index (χ2v) is 5.87. The van der Waals surface area contributed by atoms with Gasteiger partial charge >= 0.3 is 0 Å². The van der Waals surface area contributed by atoms with Gasteiger partial charge in [0, 0.05) is 11.3 Å². The fourth-order valence-electron chi connectivity index (χ4n) is 1.85. The number of amides is 1. The summed E-state index contributed by atoms with van der Waals surface area (Å²) in [5.74, 6) is 5.56. The van der Waals surface area contributed by atoms with E-state index in [2.05, 4.69) is 17.2 Å². The van der Waals surface area contributed by atoms with E-state index in [1.165, 1.54) is 11.3 Å². The van der Waals surface area contributed by atoms with Gasteiger partial charge in [0.15, 0.2) is 0 Å². The van der Waals surface area contributed by atoms with E-state index in [1.54, 1.807) is 0 Å². The number of benzene rings is 1. The van der Waals surface area contributed by atoms with Gasteiger partial charge in [-0.1, -0.05) is 23.4 Å². The van der Waals surface area contributed by atoms with E-state index < -0.39 is 0 Å². The lowest BCUT2D eigenvalue weighted by Gasteiger charge is -2.06. The average Bonchev–Trinajstić information content (AvgIpc) is 2.76. The Morgan fingerprint density at radius 3 is 2.76 bits per heavy atom. The molecule has 3 nitrogen and oxygen atoms in total. The van der Waals surface area contributed by atoms with E-state index in [0.29, 0.717) is 22.1 Å². The monoisotopic (exact) mass is 318 g/mol. The van der Waals surface area contributed by atoms with Crippen LogP contribution < -0.4 is 11.1 Å². The second kappa shape index (κ2) is 6.77. The van der Waals surface area contributed by atoms with Crippen LogP contribution in [0.4, 0.5) is 5.69 Å². The van der Waals surface area contributed by atoms with Crippen LogP contribution >= 0.6 is 22.9 Å². The van der Waals surface area contributed by atoms with Crippen LogP contribution in [0.15, 0.2) is 23.6 Å². The van der Waals surface area contributed by atoms with Crippen molar-refractivity contribution < 1.29 is 4.79 Å². The summed E-state index contributed by atoms with van der Waals surface area (Å²) in [7, 11) is 0. The third kappa shape index (κ3) is 3.85. The third-order valence-corrected chi connectivity index (χ3v) is 4.47. The molecule has 0 bridgehead atoms. The summed E-state index contributed by atoms with van der Waals surface area (Å²) >= 11 is 7.45. The first-order valence-electron chi connectivity index (χ1n) is 6.37. The Kier molecular flexibility index (Phi) is 5.03. The van der Waals surface area contributed by atoms with Crippen LogP contribution in [0.2, 0.25) is 5.02 Å². The van der Waals surface area contributed by atoms with Crippen molar-refractivity contribution in [3.05, 3.63) is 50.2 Å². The van der Waals surface area contributed by atoms with Gasteiger partial charge in [0.05, 0.1) is 11.6 Å². The fraction of sp³-hybridized carbons (Fsp3) is 0.188. The second-order valence-electron chi connectivity index (χ2n) is 4.61. The molecule has 0 aliphatic rings. The van der Waals surface area contributed by atoms with E-state index in [0.717, 1.165) is 16.7 Å². The summed E-state index contributed by atoms with van der Waals surface area (Å²) in [4.78, 5) is 12.8. The Balaban J connectivity index is 2.25. The minimum atomic E-state index is -0.207. The number of carbonyl (C=O) groups is 1. The average molecular weight is 319 g/mol. The Labute approximate surface area is 133 Å².